The van der Waals surface area contributed by atoms with E-state index in [2.05, 4.69) is 5.32 Å². The lowest BCUT2D eigenvalue weighted by Gasteiger charge is -2.19. The van der Waals surface area contributed by atoms with Crippen molar-refractivity contribution in [1.29, 1.82) is 0 Å². The number of rotatable bonds is 5. The van der Waals surface area contributed by atoms with Crippen molar-refractivity contribution in [3.8, 4) is 0 Å². The van der Waals surface area contributed by atoms with Crippen LogP contribution in [0.2, 0.25) is 0 Å². The van der Waals surface area contributed by atoms with Crippen LogP contribution in [0.3, 0.4) is 0 Å². The van der Waals surface area contributed by atoms with Crippen LogP contribution in [0, 0.1) is 0 Å². The third-order valence-electron chi connectivity index (χ3n) is 2.50. The third-order valence-corrected chi connectivity index (χ3v) is 3.43. The molecule has 0 saturated carbocycles. The summed E-state index contributed by atoms with van der Waals surface area (Å²) < 4.78 is 27.3. The molecule has 1 aromatic carbocycles. The summed E-state index contributed by atoms with van der Waals surface area (Å²) in [6, 6.07) is 6.23. The molecular formula is C15H22N2O4S. The number of primary sulfonamides is 1. The van der Waals surface area contributed by atoms with Gasteiger partial charge in [-0.3, -0.25) is 0 Å². The zero-order chi connectivity index (χ0) is 16.8. The van der Waals surface area contributed by atoms with Crippen LogP contribution in [-0.4, -0.2) is 26.7 Å². The van der Waals surface area contributed by atoms with Crippen LogP contribution in [0.15, 0.2) is 35.2 Å². The quantitative estimate of drug-likeness (QED) is 0.811. The Hall–Kier alpha value is -1.86. The van der Waals surface area contributed by atoms with Crippen molar-refractivity contribution in [2.24, 2.45) is 5.14 Å². The van der Waals surface area contributed by atoms with Gasteiger partial charge < -0.3 is 10.1 Å². The fraction of sp³-hybridized carbons (Fsp3) is 0.400. The molecular weight excluding hydrogens is 304 g/mol. The van der Waals surface area contributed by atoms with E-state index in [0.29, 0.717) is 13.0 Å². The number of amides is 1. The number of nitrogens with one attached hydrogen (secondary N) is 1. The highest BCUT2D eigenvalue weighted by Gasteiger charge is 2.15. The normalized spacial score (nSPS) is 12.4. The molecule has 22 heavy (non-hydrogen) atoms. The van der Waals surface area contributed by atoms with Crippen LogP contribution in [0.25, 0.3) is 6.08 Å². The van der Waals surface area contributed by atoms with Crippen molar-refractivity contribution in [2.75, 3.05) is 6.54 Å². The van der Waals surface area contributed by atoms with Gasteiger partial charge in [-0.15, -0.1) is 0 Å². The van der Waals surface area contributed by atoms with Crippen molar-refractivity contribution >= 4 is 22.2 Å². The molecule has 122 valence electrons. The van der Waals surface area contributed by atoms with E-state index >= 15 is 0 Å². The average molecular weight is 326 g/mol. The van der Waals surface area contributed by atoms with E-state index in [4.69, 9.17) is 9.88 Å². The molecule has 0 fully saturated rings. The molecule has 1 rings (SSSR count). The van der Waals surface area contributed by atoms with Crippen LogP contribution in [0.5, 0.6) is 0 Å². The Bertz CT molecular complexity index is 629. The van der Waals surface area contributed by atoms with Crippen LogP contribution >= 0.6 is 0 Å². The maximum Gasteiger partial charge on any atom is 0.407 e. The average Bonchev–Trinajstić information content (AvgIpc) is 2.35. The minimum Gasteiger partial charge on any atom is -0.444 e. The van der Waals surface area contributed by atoms with Crippen LogP contribution < -0.4 is 10.5 Å². The number of benzene rings is 1. The Morgan fingerprint density at radius 1 is 1.27 bits per heavy atom. The standard InChI is InChI=1S/C15H22N2O4S/c1-15(2,3)21-14(18)17-11-5-4-6-12-7-9-13(10-8-12)22(16,19)20/h4,6-10H,5,11H2,1-3H3,(H,17,18)(H2,16,19,20). The molecule has 0 bridgehead atoms. The molecule has 0 heterocycles. The first kappa shape index (κ1) is 18.2. The summed E-state index contributed by atoms with van der Waals surface area (Å²) in [5, 5.41) is 7.67. The van der Waals surface area contributed by atoms with Crippen molar-refractivity contribution < 1.29 is 17.9 Å². The molecule has 0 radical (unpaired) electrons. The largest absolute Gasteiger partial charge is 0.444 e. The van der Waals surface area contributed by atoms with Gasteiger partial charge in [0.1, 0.15) is 5.60 Å². The van der Waals surface area contributed by atoms with Gasteiger partial charge in [-0.25, -0.2) is 18.4 Å². The van der Waals surface area contributed by atoms with E-state index in [0.717, 1.165) is 5.56 Å². The summed E-state index contributed by atoms with van der Waals surface area (Å²) in [5.74, 6) is 0. The molecule has 7 heteroatoms. The van der Waals surface area contributed by atoms with Gasteiger partial charge in [-0.2, -0.15) is 0 Å². The van der Waals surface area contributed by atoms with E-state index in [-0.39, 0.29) is 4.90 Å². The summed E-state index contributed by atoms with van der Waals surface area (Å²) >= 11 is 0. The summed E-state index contributed by atoms with van der Waals surface area (Å²) in [7, 11) is -3.66. The molecule has 0 saturated heterocycles. The Balaban J connectivity index is 2.39. The fourth-order valence-electron chi connectivity index (χ4n) is 1.56. The van der Waals surface area contributed by atoms with Crippen molar-refractivity contribution in [3.63, 3.8) is 0 Å². The van der Waals surface area contributed by atoms with E-state index in [1.54, 1.807) is 32.9 Å². The molecule has 6 nitrogen and oxygen atoms in total. The number of ether oxygens (including phenoxy) is 1. The maximum absolute atomic E-state index is 11.4. The summed E-state index contributed by atoms with van der Waals surface area (Å²) in [5.41, 5.74) is 0.343. The monoisotopic (exact) mass is 326 g/mol. The molecule has 0 aliphatic carbocycles. The number of carbonyl (C=O) groups excluding carboxylic acids is 1. The number of carbonyl (C=O) groups is 1. The molecule has 0 aliphatic rings. The first-order valence-corrected chi connectivity index (χ1v) is 8.39. The third kappa shape index (κ3) is 7.24. The van der Waals surface area contributed by atoms with Gasteiger partial charge in [0.25, 0.3) is 0 Å². The predicted molar refractivity (Wildman–Crippen MR) is 85.7 cm³/mol. The summed E-state index contributed by atoms with van der Waals surface area (Å²) in [4.78, 5) is 11.5. The number of hydrogen-bond donors (Lipinski definition) is 2. The lowest BCUT2D eigenvalue weighted by molar-refractivity contribution is 0.0529. The first-order valence-electron chi connectivity index (χ1n) is 6.84. The Morgan fingerprint density at radius 3 is 2.36 bits per heavy atom. The van der Waals surface area contributed by atoms with Gasteiger partial charge in [0, 0.05) is 6.54 Å². The zero-order valence-corrected chi connectivity index (χ0v) is 13.8. The highest BCUT2D eigenvalue weighted by molar-refractivity contribution is 7.89. The van der Waals surface area contributed by atoms with Gasteiger partial charge in [-0.1, -0.05) is 24.3 Å². The van der Waals surface area contributed by atoms with Crippen LogP contribution in [0.4, 0.5) is 4.79 Å². The predicted octanol–water partition coefficient (Wildman–Crippen LogP) is 2.26. The molecule has 0 unspecified atom stereocenters. The second kappa shape index (κ2) is 7.42. The second-order valence-electron chi connectivity index (χ2n) is 5.73. The van der Waals surface area contributed by atoms with Gasteiger partial charge in [-0.05, 0) is 44.9 Å². The van der Waals surface area contributed by atoms with Crippen LogP contribution in [0.1, 0.15) is 32.8 Å². The van der Waals surface area contributed by atoms with E-state index in [1.165, 1.54) is 12.1 Å². The molecule has 0 atom stereocenters. The van der Waals surface area contributed by atoms with Crippen LogP contribution in [-0.2, 0) is 14.8 Å². The minimum atomic E-state index is -3.66. The van der Waals surface area contributed by atoms with E-state index in [1.807, 2.05) is 12.2 Å². The van der Waals surface area contributed by atoms with Gasteiger partial charge in [0.15, 0.2) is 0 Å². The fourth-order valence-corrected chi connectivity index (χ4v) is 2.08. The number of alkyl carbamates (subject to hydrolysis) is 1. The van der Waals surface area contributed by atoms with Crippen molar-refractivity contribution in [1.82, 2.24) is 5.32 Å². The number of nitrogens with two attached hydrogens (primary N) is 1. The minimum absolute atomic E-state index is 0.0799. The topological polar surface area (TPSA) is 98.5 Å². The van der Waals surface area contributed by atoms with Gasteiger partial charge >= 0.3 is 6.09 Å². The van der Waals surface area contributed by atoms with Gasteiger partial charge in [0.2, 0.25) is 10.0 Å². The Morgan fingerprint density at radius 2 is 1.86 bits per heavy atom. The Kier molecular flexibility index (Phi) is 6.13. The molecule has 3 N–H and O–H groups in total. The first-order chi connectivity index (χ1) is 10.1. The number of sulfonamides is 1. The highest BCUT2D eigenvalue weighted by atomic mass is 32.2. The van der Waals surface area contributed by atoms with Crippen molar-refractivity contribution in [2.45, 2.75) is 37.7 Å². The zero-order valence-electron chi connectivity index (χ0n) is 13.0. The molecule has 0 aliphatic heterocycles. The van der Waals surface area contributed by atoms with Crippen molar-refractivity contribution in [3.05, 3.63) is 35.9 Å². The lowest BCUT2D eigenvalue weighted by Crippen LogP contribution is -2.32. The lowest BCUT2D eigenvalue weighted by atomic mass is 10.2. The molecule has 1 amide bonds. The maximum atomic E-state index is 11.4. The van der Waals surface area contributed by atoms with Gasteiger partial charge in [0.05, 0.1) is 4.90 Å². The molecule has 0 aromatic heterocycles. The number of hydrogen-bond acceptors (Lipinski definition) is 4. The van der Waals surface area contributed by atoms with E-state index < -0.39 is 21.7 Å². The molecule has 0 spiro atoms. The summed E-state index contributed by atoms with van der Waals surface area (Å²) in [6.07, 6.45) is 3.90. The highest BCUT2D eigenvalue weighted by Crippen LogP contribution is 2.10. The smallest absolute Gasteiger partial charge is 0.407 e. The van der Waals surface area contributed by atoms with E-state index in [9.17, 15) is 13.2 Å². The Labute approximate surface area is 131 Å². The summed E-state index contributed by atoms with van der Waals surface area (Å²) in [6.45, 7) is 5.87. The second-order valence-corrected chi connectivity index (χ2v) is 7.30. The molecule has 1 aromatic rings. The SMILES string of the molecule is CC(C)(C)OC(=O)NCCC=Cc1ccc(S(N)(=O)=O)cc1.